The minimum absolute atomic E-state index is 0.232. The molecule has 2 aliphatic heterocycles. The van der Waals surface area contributed by atoms with E-state index < -0.39 is 22.6 Å². The van der Waals surface area contributed by atoms with E-state index in [4.69, 9.17) is 9.47 Å². The van der Waals surface area contributed by atoms with Crippen molar-refractivity contribution in [3.63, 3.8) is 0 Å². The topological polar surface area (TPSA) is 98.1 Å². The zero-order chi connectivity index (χ0) is 23.7. The highest BCUT2D eigenvalue weighted by molar-refractivity contribution is 5.97. The Hall–Kier alpha value is -3.10. The van der Waals surface area contributed by atoms with E-state index in [1.807, 2.05) is 72.2 Å². The van der Waals surface area contributed by atoms with Gasteiger partial charge in [-0.15, -0.1) is 0 Å². The van der Waals surface area contributed by atoms with Crippen molar-refractivity contribution in [1.29, 1.82) is 0 Å². The van der Waals surface area contributed by atoms with Crippen LogP contribution in [-0.4, -0.2) is 56.9 Å². The Morgan fingerprint density at radius 1 is 1.25 bits per heavy atom. The smallest absolute Gasteiger partial charge is 0.408 e. The third-order valence-electron chi connectivity index (χ3n) is 5.14. The van der Waals surface area contributed by atoms with Crippen LogP contribution in [0.4, 0.5) is 4.79 Å². The molecule has 1 amide bonds. The molecule has 0 fully saturated rings. The minimum atomic E-state index is -0.828. The van der Waals surface area contributed by atoms with Crippen molar-refractivity contribution in [3.05, 3.63) is 36.3 Å². The van der Waals surface area contributed by atoms with Crippen LogP contribution in [-0.2, 0) is 20.8 Å². The van der Waals surface area contributed by atoms with Gasteiger partial charge in [0.15, 0.2) is 0 Å². The van der Waals surface area contributed by atoms with Gasteiger partial charge in [0.1, 0.15) is 11.0 Å². The summed E-state index contributed by atoms with van der Waals surface area (Å²) in [5, 5.41) is 13.7. The number of amides is 1. The molecule has 3 heterocycles. The summed E-state index contributed by atoms with van der Waals surface area (Å²) >= 11 is 0. The van der Waals surface area contributed by atoms with Crippen LogP contribution in [0.15, 0.2) is 35.7 Å². The van der Waals surface area contributed by atoms with Gasteiger partial charge in [-0.25, -0.2) is 4.79 Å². The van der Waals surface area contributed by atoms with E-state index in [9.17, 15) is 9.59 Å². The summed E-state index contributed by atoms with van der Waals surface area (Å²) in [5.41, 5.74) is -0.298. The molecule has 32 heavy (non-hydrogen) atoms. The molecule has 0 radical (unpaired) electrons. The van der Waals surface area contributed by atoms with Crippen LogP contribution >= 0.6 is 0 Å². The second-order valence-corrected chi connectivity index (χ2v) is 9.93. The maximum Gasteiger partial charge on any atom is 0.408 e. The Morgan fingerprint density at radius 3 is 2.62 bits per heavy atom. The van der Waals surface area contributed by atoms with Crippen LogP contribution in [0.3, 0.4) is 0 Å². The number of aromatic nitrogens is 2. The second-order valence-electron chi connectivity index (χ2n) is 9.93. The number of hydrogen-bond acceptors (Lipinski definition) is 7. The van der Waals surface area contributed by atoms with Gasteiger partial charge in [-0.05, 0) is 54.5 Å². The highest BCUT2D eigenvalue weighted by Gasteiger charge is 2.47. The molecule has 9 heteroatoms. The van der Waals surface area contributed by atoms with Crippen molar-refractivity contribution in [1.82, 2.24) is 20.1 Å². The summed E-state index contributed by atoms with van der Waals surface area (Å²) in [6, 6.07) is 1.68. The van der Waals surface area contributed by atoms with Gasteiger partial charge in [-0.1, -0.05) is 12.2 Å². The third-order valence-corrected chi connectivity index (χ3v) is 5.14. The van der Waals surface area contributed by atoms with Gasteiger partial charge in [-0.3, -0.25) is 14.5 Å². The van der Waals surface area contributed by atoms with Crippen LogP contribution < -0.4 is 5.32 Å². The Morgan fingerprint density at radius 2 is 1.97 bits per heavy atom. The highest BCUT2D eigenvalue weighted by atomic mass is 16.6. The predicted molar refractivity (Wildman–Crippen MR) is 122 cm³/mol. The van der Waals surface area contributed by atoms with Gasteiger partial charge < -0.3 is 14.8 Å². The molecule has 2 atom stereocenters. The molecule has 3 rings (SSSR count). The van der Waals surface area contributed by atoms with Gasteiger partial charge in [0.25, 0.3) is 0 Å². The van der Waals surface area contributed by atoms with E-state index in [2.05, 4.69) is 15.5 Å². The molecule has 1 N–H and O–H groups in total. The zero-order valence-corrected chi connectivity index (χ0v) is 19.9. The van der Waals surface area contributed by atoms with Crippen molar-refractivity contribution in [2.45, 2.75) is 72.2 Å². The van der Waals surface area contributed by atoms with E-state index >= 15 is 0 Å². The first-order chi connectivity index (χ1) is 14.8. The van der Waals surface area contributed by atoms with Gasteiger partial charge in [-0.2, -0.15) is 10.2 Å². The summed E-state index contributed by atoms with van der Waals surface area (Å²) in [7, 11) is 0. The number of fused-ring (bicyclic) bond motifs is 1. The van der Waals surface area contributed by atoms with E-state index in [1.54, 1.807) is 22.8 Å². The molecule has 2 unspecified atom stereocenters. The molecular formula is C23H33N5O4. The molecule has 0 aliphatic carbocycles. The van der Waals surface area contributed by atoms with Crippen molar-refractivity contribution in [2.75, 3.05) is 6.61 Å². The molecule has 1 aromatic heterocycles. The van der Waals surface area contributed by atoms with Crippen LogP contribution in [0, 0.1) is 5.41 Å². The third kappa shape index (κ3) is 5.20. The lowest BCUT2D eigenvalue weighted by molar-refractivity contribution is -0.151. The monoisotopic (exact) mass is 443 g/mol. The second kappa shape index (κ2) is 8.44. The number of alkyl carbamates (subject to hydrolysis) is 1. The number of allylic oxidation sites excluding steroid dienone is 2. The fraction of sp³-hybridized carbons (Fsp3) is 0.565. The fourth-order valence-corrected chi connectivity index (χ4v) is 3.63. The normalized spacial score (nSPS) is 22.4. The van der Waals surface area contributed by atoms with Crippen molar-refractivity contribution < 1.29 is 19.1 Å². The number of nitrogens with one attached hydrogen (secondary N) is 1. The average Bonchev–Trinajstić information content (AvgIpc) is 3.24. The van der Waals surface area contributed by atoms with Gasteiger partial charge in [0.05, 0.1) is 30.4 Å². The average molecular weight is 444 g/mol. The number of carbonyl (C=O) groups is 2. The molecule has 0 saturated carbocycles. The highest BCUT2D eigenvalue weighted by Crippen LogP contribution is 2.36. The Kier molecular flexibility index (Phi) is 6.22. The Balaban J connectivity index is 1.67. The maximum absolute atomic E-state index is 12.4. The van der Waals surface area contributed by atoms with Crippen molar-refractivity contribution in [3.8, 4) is 0 Å². The molecule has 9 nitrogen and oxygen atoms in total. The Bertz CT molecular complexity index is 969. The lowest BCUT2D eigenvalue weighted by atomic mass is 9.83. The van der Waals surface area contributed by atoms with Crippen LogP contribution in [0.1, 0.15) is 54.2 Å². The first-order valence-corrected chi connectivity index (χ1v) is 10.8. The summed E-state index contributed by atoms with van der Waals surface area (Å²) < 4.78 is 12.4. The first kappa shape index (κ1) is 23.6. The lowest BCUT2D eigenvalue weighted by Gasteiger charge is -2.31. The van der Waals surface area contributed by atoms with E-state index in [0.29, 0.717) is 13.2 Å². The number of esters is 1. The summed E-state index contributed by atoms with van der Waals surface area (Å²) in [4.78, 5) is 24.5. The van der Waals surface area contributed by atoms with E-state index in [1.165, 1.54) is 0 Å². The number of hydrogen-bond donors (Lipinski definition) is 1. The summed E-state index contributed by atoms with van der Waals surface area (Å²) in [6.07, 6.45) is 8.82. The lowest BCUT2D eigenvalue weighted by Crippen LogP contribution is -2.48. The van der Waals surface area contributed by atoms with Crippen molar-refractivity contribution >= 4 is 23.9 Å². The SMILES string of the molecule is CCOC(=O)C1(C)C=NN2C=C(c3ccn(CC(C)(C)NC(=O)OC(C)(C)C)n3)C=CC21. The fourth-order valence-electron chi connectivity index (χ4n) is 3.63. The van der Waals surface area contributed by atoms with Crippen molar-refractivity contribution in [2.24, 2.45) is 10.5 Å². The quantitative estimate of drug-likeness (QED) is 0.677. The van der Waals surface area contributed by atoms with E-state index in [-0.39, 0.29) is 12.0 Å². The molecule has 0 bridgehead atoms. The number of nitrogens with zero attached hydrogens (tertiary/aromatic N) is 4. The summed E-state index contributed by atoms with van der Waals surface area (Å²) in [6.45, 7) is 13.7. The van der Waals surface area contributed by atoms with Crippen LogP contribution in [0.2, 0.25) is 0 Å². The minimum Gasteiger partial charge on any atom is -0.465 e. The Labute approximate surface area is 189 Å². The van der Waals surface area contributed by atoms with Crippen LogP contribution in [0.5, 0.6) is 0 Å². The number of hydrazone groups is 1. The maximum atomic E-state index is 12.4. The van der Waals surface area contributed by atoms with Crippen LogP contribution in [0.25, 0.3) is 5.57 Å². The zero-order valence-electron chi connectivity index (χ0n) is 19.9. The van der Waals surface area contributed by atoms with Gasteiger partial charge in [0, 0.05) is 24.2 Å². The van der Waals surface area contributed by atoms with Gasteiger partial charge >= 0.3 is 12.1 Å². The molecule has 0 spiro atoms. The number of ether oxygens (including phenoxy) is 2. The largest absolute Gasteiger partial charge is 0.465 e. The molecule has 0 saturated heterocycles. The predicted octanol–water partition coefficient (Wildman–Crippen LogP) is 3.34. The molecule has 0 aromatic carbocycles. The molecule has 1 aromatic rings. The summed E-state index contributed by atoms with van der Waals surface area (Å²) in [5.74, 6) is -0.290. The molecular weight excluding hydrogens is 410 g/mol. The van der Waals surface area contributed by atoms with Gasteiger partial charge in [0.2, 0.25) is 0 Å². The first-order valence-electron chi connectivity index (χ1n) is 10.8. The molecule has 2 aliphatic rings. The standard InChI is InChI=1S/C23H33N5O4/c1-8-31-19(29)23(7)14-24-28-13-16(9-10-18(23)28)17-11-12-27(26-17)15-22(5,6)25-20(30)32-21(2,3)4/h9-14,18H,8,15H2,1-7H3,(H,25,30). The number of carbonyl (C=O) groups excluding carboxylic acids is 2. The molecule has 174 valence electrons. The number of rotatable bonds is 6. The van der Waals surface area contributed by atoms with E-state index in [0.717, 1.165) is 11.3 Å².